The number of aliphatic hydroxyl groups is 2. The first-order valence-corrected chi connectivity index (χ1v) is 8.92. The van der Waals surface area contributed by atoms with E-state index < -0.39 is 17.4 Å². The average Bonchev–Trinajstić information content (AvgIpc) is 2.55. The van der Waals surface area contributed by atoms with Gasteiger partial charge in [-0.05, 0) is 13.0 Å². The molecule has 0 aromatic heterocycles. The predicted molar refractivity (Wildman–Crippen MR) is 93.3 cm³/mol. The van der Waals surface area contributed by atoms with E-state index in [1.807, 2.05) is 0 Å². The Morgan fingerprint density at radius 3 is 2.42 bits per heavy atom. The van der Waals surface area contributed by atoms with E-state index in [1.165, 1.54) is 0 Å². The van der Waals surface area contributed by atoms with Gasteiger partial charge in [0, 0.05) is 37.1 Å². The van der Waals surface area contributed by atoms with E-state index in [9.17, 15) is 19.5 Å². The van der Waals surface area contributed by atoms with Crippen molar-refractivity contribution in [2.24, 2.45) is 11.1 Å². The number of thioether (sulfide) groups is 1. The fraction of sp³-hybridized carbons (Fsp3) is 0.800. The summed E-state index contributed by atoms with van der Waals surface area (Å²) < 4.78 is 0. The van der Waals surface area contributed by atoms with Gasteiger partial charge in [0.1, 0.15) is 6.10 Å². The third-order valence-corrected chi connectivity index (χ3v) is 4.25. The Kier molecular flexibility index (Phi) is 11.6. The van der Waals surface area contributed by atoms with Crippen LogP contribution < -0.4 is 16.4 Å². The highest BCUT2D eigenvalue weighted by Crippen LogP contribution is 2.19. The number of hydrogen-bond donors (Lipinski definition) is 5. The first-order chi connectivity index (χ1) is 11.2. The van der Waals surface area contributed by atoms with E-state index in [1.54, 1.807) is 13.8 Å². The van der Waals surface area contributed by atoms with Crippen LogP contribution in [0.3, 0.4) is 0 Å². The molecule has 0 rings (SSSR count). The summed E-state index contributed by atoms with van der Waals surface area (Å²) in [6, 6.07) is 0. The molecule has 2 amide bonds. The van der Waals surface area contributed by atoms with Crippen LogP contribution >= 0.6 is 11.8 Å². The first-order valence-electron chi connectivity index (χ1n) is 7.93. The second-order valence-electron chi connectivity index (χ2n) is 6.05. The van der Waals surface area contributed by atoms with E-state index in [0.717, 1.165) is 11.8 Å². The summed E-state index contributed by atoms with van der Waals surface area (Å²) in [6.07, 6.45) is -0.171. The van der Waals surface area contributed by atoms with Crippen molar-refractivity contribution in [1.82, 2.24) is 10.6 Å². The summed E-state index contributed by atoms with van der Waals surface area (Å²) in [5, 5.41) is 24.0. The van der Waals surface area contributed by atoms with E-state index in [-0.39, 0.29) is 30.6 Å². The van der Waals surface area contributed by atoms with Crippen molar-refractivity contribution >= 4 is 28.7 Å². The Morgan fingerprint density at radius 1 is 1.17 bits per heavy atom. The monoisotopic (exact) mass is 363 g/mol. The van der Waals surface area contributed by atoms with Crippen molar-refractivity contribution < 1.29 is 24.6 Å². The maximum absolute atomic E-state index is 11.7. The molecule has 0 aliphatic carbocycles. The Morgan fingerprint density at radius 2 is 1.83 bits per heavy atom. The molecule has 0 aliphatic rings. The molecule has 0 aliphatic heterocycles. The van der Waals surface area contributed by atoms with Crippen LogP contribution in [-0.4, -0.2) is 65.2 Å². The lowest BCUT2D eigenvalue weighted by Gasteiger charge is -2.27. The third kappa shape index (κ3) is 9.86. The molecule has 6 N–H and O–H groups in total. The zero-order chi connectivity index (χ0) is 18.6. The van der Waals surface area contributed by atoms with E-state index in [2.05, 4.69) is 10.6 Å². The number of amides is 2. The highest BCUT2D eigenvalue weighted by molar-refractivity contribution is 8.13. The quantitative estimate of drug-likeness (QED) is 0.280. The van der Waals surface area contributed by atoms with E-state index in [4.69, 9.17) is 10.8 Å². The number of nitrogens with one attached hydrogen (secondary N) is 2. The van der Waals surface area contributed by atoms with Crippen molar-refractivity contribution in [3.8, 4) is 0 Å². The second-order valence-corrected chi connectivity index (χ2v) is 7.21. The van der Waals surface area contributed by atoms with Crippen LogP contribution in [-0.2, 0) is 14.4 Å². The maximum atomic E-state index is 11.7. The van der Waals surface area contributed by atoms with Gasteiger partial charge in [-0.1, -0.05) is 25.6 Å². The molecule has 1 unspecified atom stereocenters. The van der Waals surface area contributed by atoms with Gasteiger partial charge >= 0.3 is 0 Å². The Balaban J connectivity index is 3.80. The second kappa shape index (κ2) is 12.2. The van der Waals surface area contributed by atoms with Gasteiger partial charge in [-0.15, -0.1) is 0 Å². The molecule has 140 valence electrons. The smallest absolute Gasteiger partial charge is 0.249 e. The molecule has 0 heterocycles. The minimum atomic E-state index is -1.35. The summed E-state index contributed by atoms with van der Waals surface area (Å²) in [6.45, 7) is 3.74. The number of nitrogens with two attached hydrogens (primary N) is 1. The molecule has 0 saturated carbocycles. The van der Waals surface area contributed by atoms with Crippen molar-refractivity contribution in [1.29, 1.82) is 0 Å². The molecule has 0 saturated heterocycles. The van der Waals surface area contributed by atoms with Gasteiger partial charge in [-0.3, -0.25) is 14.4 Å². The molecule has 0 aromatic carbocycles. The minimum Gasteiger partial charge on any atom is -0.396 e. The summed E-state index contributed by atoms with van der Waals surface area (Å²) >= 11 is 1.16. The molecule has 9 heteroatoms. The number of carbonyl (C=O) groups is 3. The van der Waals surface area contributed by atoms with Crippen LogP contribution in [0, 0.1) is 5.41 Å². The summed E-state index contributed by atoms with van der Waals surface area (Å²) in [7, 11) is 0. The van der Waals surface area contributed by atoms with Gasteiger partial charge in [-0.25, -0.2) is 0 Å². The van der Waals surface area contributed by atoms with Crippen LogP contribution in [0.25, 0.3) is 0 Å². The highest BCUT2D eigenvalue weighted by atomic mass is 32.2. The van der Waals surface area contributed by atoms with Gasteiger partial charge in [0.15, 0.2) is 5.12 Å². The molecule has 0 radical (unpaired) electrons. The fourth-order valence-corrected chi connectivity index (χ4v) is 2.32. The normalized spacial score (nSPS) is 12.5. The van der Waals surface area contributed by atoms with Crippen LogP contribution in [0.2, 0.25) is 0 Å². The Hall–Kier alpha value is -1.16. The van der Waals surface area contributed by atoms with Crippen LogP contribution in [0.4, 0.5) is 0 Å². The SMILES string of the molecule is CC(C)(CO)C(O)C(=O)NCCC(=O)NCCSC(=O)CCCN. The lowest BCUT2D eigenvalue weighted by atomic mass is 9.87. The van der Waals surface area contributed by atoms with Crippen molar-refractivity contribution in [2.75, 3.05) is 32.0 Å². The topological polar surface area (TPSA) is 142 Å². The summed E-state index contributed by atoms with van der Waals surface area (Å²) in [5.41, 5.74) is 4.37. The Bertz CT molecular complexity index is 418. The van der Waals surface area contributed by atoms with Gasteiger partial charge in [0.25, 0.3) is 0 Å². The van der Waals surface area contributed by atoms with Gasteiger partial charge in [0.2, 0.25) is 11.8 Å². The zero-order valence-corrected chi connectivity index (χ0v) is 15.2. The number of rotatable bonds is 12. The van der Waals surface area contributed by atoms with Crippen LogP contribution in [0.1, 0.15) is 33.1 Å². The molecule has 0 spiro atoms. The molecular weight excluding hydrogens is 334 g/mol. The summed E-state index contributed by atoms with van der Waals surface area (Å²) in [4.78, 5) is 34.7. The van der Waals surface area contributed by atoms with Crippen molar-refractivity contribution in [3.05, 3.63) is 0 Å². The molecular formula is C15H29N3O5S. The molecule has 1 atom stereocenters. The lowest BCUT2D eigenvalue weighted by molar-refractivity contribution is -0.137. The van der Waals surface area contributed by atoms with Crippen LogP contribution in [0.15, 0.2) is 0 Å². The van der Waals surface area contributed by atoms with E-state index in [0.29, 0.717) is 31.7 Å². The molecule has 0 bridgehead atoms. The van der Waals surface area contributed by atoms with Crippen molar-refractivity contribution in [2.45, 2.75) is 39.2 Å². The molecule has 24 heavy (non-hydrogen) atoms. The van der Waals surface area contributed by atoms with Gasteiger partial charge < -0.3 is 26.6 Å². The highest BCUT2D eigenvalue weighted by Gasteiger charge is 2.32. The maximum Gasteiger partial charge on any atom is 0.249 e. The number of carbonyl (C=O) groups excluding carboxylic acids is 3. The largest absolute Gasteiger partial charge is 0.396 e. The van der Waals surface area contributed by atoms with Gasteiger partial charge in [0.05, 0.1) is 6.61 Å². The van der Waals surface area contributed by atoms with Crippen LogP contribution in [0.5, 0.6) is 0 Å². The van der Waals surface area contributed by atoms with E-state index >= 15 is 0 Å². The molecule has 8 nitrogen and oxygen atoms in total. The Labute approximate surface area is 146 Å². The summed E-state index contributed by atoms with van der Waals surface area (Å²) in [5.74, 6) is -0.380. The average molecular weight is 363 g/mol. The lowest BCUT2D eigenvalue weighted by Crippen LogP contribution is -2.46. The zero-order valence-electron chi connectivity index (χ0n) is 14.3. The molecule has 0 fully saturated rings. The molecule has 0 aromatic rings. The van der Waals surface area contributed by atoms with Crippen molar-refractivity contribution in [3.63, 3.8) is 0 Å². The fourth-order valence-electron chi connectivity index (χ4n) is 1.60. The number of hydrogen-bond acceptors (Lipinski definition) is 7. The minimum absolute atomic E-state index is 0.0578. The third-order valence-electron chi connectivity index (χ3n) is 3.32. The number of aliphatic hydroxyl groups excluding tert-OH is 2. The first kappa shape index (κ1) is 22.8. The predicted octanol–water partition coefficient (Wildman–Crippen LogP) is -1.01. The standard InChI is InChI=1S/C15H29N3O5S/c1-15(2,10-19)13(22)14(23)18-7-5-11(20)17-8-9-24-12(21)4-3-6-16/h13,19,22H,3-10,16H2,1-2H3,(H,17,20)(H,18,23). The van der Waals surface area contributed by atoms with Gasteiger partial charge in [-0.2, -0.15) is 0 Å².